The molecule has 8 aromatic rings. The highest BCUT2D eigenvalue weighted by Crippen LogP contribution is 2.43. The first-order valence-corrected chi connectivity index (χ1v) is 25.5. The van der Waals surface area contributed by atoms with Gasteiger partial charge < -0.3 is 21.5 Å². The van der Waals surface area contributed by atoms with E-state index in [0.717, 1.165) is 60.7 Å². The molecule has 14 nitrogen and oxygen atoms in total. The Hall–Kier alpha value is -8.12. The van der Waals surface area contributed by atoms with Gasteiger partial charge in [0.25, 0.3) is 11.6 Å². The van der Waals surface area contributed by atoms with E-state index in [-0.39, 0.29) is 52.8 Å². The van der Waals surface area contributed by atoms with Crippen LogP contribution in [0.5, 0.6) is 0 Å². The summed E-state index contributed by atoms with van der Waals surface area (Å²) in [4.78, 5) is 76.4. The zero-order chi connectivity index (χ0) is 60.8. The molecule has 2 heterocycles. The van der Waals surface area contributed by atoms with Crippen LogP contribution in [0.1, 0.15) is 5.56 Å². The summed E-state index contributed by atoms with van der Waals surface area (Å²) in [5.41, 5.74) is 0.763. The van der Waals surface area contributed by atoms with Crippen LogP contribution in [0, 0.1) is 40.7 Å². The second-order valence-electron chi connectivity index (χ2n) is 16.7. The van der Waals surface area contributed by atoms with E-state index in [1.165, 1.54) is 84.9 Å². The smallest absolute Gasteiger partial charge is 0.343 e. The second-order valence-corrected chi connectivity index (χ2v) is 19.8. The summed E-state index contributed by atoms with van der Waals surface area (Å²) in [6, 6.07) is 29.2. The molecule has 0 aliphatic carbocycles. The zero-order valence-electron chi connectivity index (χ0n) is 41.1. The molecule has 0 saturated carbocycles. The summed E-state index contributed by atoms with van der Waals surface area (Å²) in [5, 5.41) is 16.9. The number of hydrogen-bond acceptors (Lipinski definition) is 8. The standard InChI is InChI=1S/C21H12Cl2F2N2O3.C15H6Cl2F2N2O3.C13H8Cl2F2N2O.C6H5ClFN/c22-13-6-8-17(15(24)10-13)26-19(28)21(30,12-4-2-1-3-5-12)27(20(26)29)18-9-7-14(23)11-16(18)25;16-7-1-3-11(9(18)5-7)20-13(22)14(23)21(15(20)24)12-4-2-8(17)6-10(12)19;14-7-1-3-11(9(16)5-7)18-13(20)19-12-4-2-8(15)6-10(12)17;7-4-1-2-6(9)5(8)3-4/h1-11,30H;1-6H;1-6H,(H2,18,19,20);1-3H,9H2. The SMILES string of the molecule is Nc1ccc(Cl)cc1F.O=C(Nc1ccc(Cl)cc1F)Nc1ccc(Cl)cc1F.O=C1C(=O)N(c2ccc(Cl)cc2F)C(=O)N1c1ccc(Cl)cc1F.O=C1N(c2ccc(Cl)cc2F)C(=O)C(O)(c2ccccc2)N1c1ccc(Cl)cc1F. The highest BCUT2D eigenvalue weighted by Gasteiger charge is 2.60. The van der Waals surface area contributed by atoms with E-state index < -0.39 is 105 Å². The van der Waals surface area contributed by atoms with E-state index in [2.05, 4.69) is 10.6 Å². The number of halogens is 14. The molecule has 2 aliphatic rings. The number of rotatable bonds is 7. The number of urea groups is 3. The van der Waals surface area contributed by atoms with Crippen molar-refractivity contribution in [1.82, 2.24) is 0 Å². The van der Waals surface area contributed by atoms with Gasteiger partial charge in [-0.05, 0) is 127 Å². The van der Waals surface area contributed by atoms with Crippen molar-refractivity contribution in [2.45, 2.75) is 5.72 Å². The van der Waals surface area contributed by atoms with E-state index in [1.807, 2.05) is 0 Å². The van der Waals surface area contributed by atoms with Gasteiger partial charge in [0.05, 0.1) is 39.8 Å². The molecule has 0 spiro atoms. The van der Waals surface area contributed by atoms with Gasteiger partial charge in [0.2, 0.25) is 0 Å². The number of anilines is 7. The van der Waals surface area contributed by atoms with Gasteiger partial charge in [-0.2, -0.15) is 0 Å². The molecule has 2 aliphatic heterocycles. The molecule has 8 aromatic carbocycles. The molecule has 2 fully saturated rings. The minimum absolute atomic E-state index is 0.00503. The first-order valence-electron chi connectivity index (χ1n) is 22.9. The quantitative estimate of drug-likeness (QED) is 0.0525. The maximum absolute atomic E-state index is 14.7. The molecule has 0 radical (unpaired) electrons. The van der Waals surface area contributed by atoms with Crippen LogP contribution >= 0.6 is 81.2 Å². The van der Waals surface area contributed by atoms with Crippen LogP contribution in [0.2, 0.25) is 35.2 Å². The Morgan fingerprint density at radius 2 is 0.735 bits per heavy atom. The van der Waals surface area contributed by atoms with Crippen LogP contribution in [0.25, 0.3) is 0 Å². The average Bonchev–Trinajstić information content (AvgIpc) is 2.75. The van der Waals surface area contributed by atoms with E-state index in [0.29, 0.717) is 24.6 Å². The lowest BCUT2D eigenvalue weighted by atomic mass is 10.0. The first kappa shape index (κ1) is 62.5. The molecule has 1 unspecified atom stereocenters. The van der Waals surface area contributed by atoms with Gasteiger partial charge >= 0.3 is 29.9 Å². The Morgan fingerprint density at radius 1 is 0.410 bits per heavy atom. The molecule has 1 atom stereocenters. The molecule has 10 rings (SSSR count). The molecular formula is C55H31Cl7F7N7O7. The van der Waals surface area contributed by atoms with Crippen molar-refractivity contribution in [2.24, 2.45) is 0 Å². The lowest BCUT2D eigenvalue weighted by Crippen LogP contribution is -2.47. The van der Waals surface area contributed by atoms with Gasteiger partial charge in [-0.1, -0.05) is 112 Å². The van der Waals surface area contributed by atoms with E-state index in [1.54, 1.807) is 12.1 Å². The molecule has 2 saturated heterocycles. The predicted octanol–water partition coefficient (Wildman–Crippen LogP) is 15.8. The number of nitrogens with one attached hydrogen (secondary N) is 2. The summed E-state index contributed by atoms with van der Waals surface area (Å²) in [6.07, 6.45) is 0. The highest BCUT2D eigenvalue weighted by molar-refractivity contribution is 6.60. The number of amides is 9. The fourth-order valence-corrected chi connectivity index (χ4v) is 8.60. The van der Waals surface area contributed by atoms with Crippen LogP contribution in [-0.2, 0) is 20.1 Å². The van der Waals surface area contributed by atoms with E-state index >= 15 is 0 Å². The molecule has 83 heavy (non-hydrogen) atoms. The van der Waals surface area contributed by atoms with E-state index in [4.69, 9.17) is 86.9 Å². The molecule has 426 valence electrons. The number of carbonyl (C=O) groups excluding carboxylic acids is 6. The third-order valence-corrected chi connectivity index (χ3v) is 12.9. The Morgan fingerprint density at radius 3 is 1.08 bits per heavy atom. The topological polar surface area (TPSA) is 186 Å². The average molecular weight is 1280 g/mol. The summed E-state index contributed by atoms with van der Waals surface area (Å²) >= 11 is 39.4. The van der Waals surface area contributed by atoms with Crippen LogP contribution in [0.4, 0.5) is 84.9 Å². The second kappa shape index (κ2) is 26.4. The molecule has 0 aromatic heterocycles. The number of hydrogen-bond donors (Lipinski definition) is 4. The minimum Gasteiger partial charge on any atom is -0.396 e. The Labute approximate surface area is 499 Å². The van der Waals surface area contributed by atoms with Gasteiger partial charge in [-0.25, -0.2) is 64.7 Å². The van der Waals surface area contributed by atoms with Crippen molar-refractivity contribution in [3.05, 3.63) is 239 Å². The summed E-state index contributed by atoms with van der Waals surface area (Å²) in [7, 11) is 0. The highest BCUT2D eigenvalue weighted by atomic mass is 35.5. The number of aliphatic hydroxyl groups is 1. The summed E-state index contributed by atoms with van der Waals surface area (Å²) in [6.45, 7) is 0. The van der Waals surface area contributed by atoms with Crippen molar-refractivity contribution < 1.29 is 64.6 Å². The number of nitrogens with two attached hydrogens (primary N) is 1. The summed E-state index contributed by atoms with van der Waals surface area (Å²) in [5.74, 6) is -9.50. The van der Waals surface area contributed by atoms with Gasteiger partial charge in [-0.3, -0.25) is 14.4 Å². The lowest BCUT2D eigenvalue weighted by Gasteiger charge is -2.30. The van der Waals surface area contributed by atoms with Crippen molar-refractivity contribution >= 4 is 157 Å². The van der Waals surface area contributed by atoms with Gasteiger partial charge in [-0.15, -0.1) is 0 Å². The fourth-order valence-electron chi connectivity index (χ4n) is 7.49. The van der Waals surface area contributed by atoms with Gasteiger partial charge in [0.1, 0.15) is 40.7 Å². The van der Waals surface area contributed by atoms with Crippen LogP contribution < -0.4 is 36.0 Å². The number of carbonyl (C=O) groups is 6. The molecular weight excluding hydrogens is 1250 g/mol. The minimum atomic E-state index is -2.63. The van der Waals surface area contributed by atoms with Crippen LogP contribution in [-0.4, -0.2) is 40.9 Å². The summed E-state index contributed by atoms with van der Waals surface area (Å²) < 4.78 is 96.5. The molecule has 0 bridgehead atoms. The normalized spacial score (nSPS) is 14.6. The maximum Gasteiger partial charge on any atom is 0.343 e. The molecule has 5 N–H and O–H groups in total. The van der Waals surface area contributed by atoms with Crippen molar-refractivity contribution in [1.29, 1.82) is 0 Å². The lowest BCUT2D eigenvalue weighted by molar-refractivity contribution is -0.133. The third kappa shape index (κ3) is 14.0. The molecule has 28 heteroatoms. The Balaban J connectivity index is 0.000000169. The Bertz CT molecular complexity index is 3770. The largest absolute Gasteiger partial charge is 0.396 e. The van der Waals surface area contributed by atoms with E-state index in [9.17, 15) is 64.6 Å². The predicted molar refractivity (Wildman–Crippen MR) is 303 cm³/mol. The number of imide groups is 3. The number of nitrogen functional groups attached to an aromatic ring is 1. The number of benzene rings is 8. The van der Waals surface area contributed by atoms with Gasteiger partial charge in [0, 0.05) is 40.7 Å². The monoisotopic (exact) mass is 1280 g/mol. The van der Waals surface area contributed by atoms with Crippen molar-refractivity contribution in [3.63, 3.8) is 0 Å². The maximum atomic E-state index is 14.7. The fraction of sp³-hybridized carbons (Fsp3) is 0.0182. The number of nitrogens with zero attached hydrogens (tertiary/aromatic N) is 4. The van der Waals surface area contributed by atoms with Gasteiger partial charge in [0.15, 0.2) is 0 Å². The zero-order valence-corrected chi connectivity index (χ0v) is 46.4. The van der Waals surface area contributed by atoms with Crippen molar-refractivity contribution in [2.75, 3.05) is 36.0 Å². The van der Waals surface area contributed by atoms with Crippen molar-refractivity contribution in [3.8, 4) is 0 Å². The Kier molecular flexibility index (Phi) is 19.9. The third-order valence-electron chi connectivity index (χ3n) is 11.3. The van der Waals surface area contributed by atoms with Crippen LogP contribution in [0.3, 0.4) is 0 Å². The first-order chi connectivity index (χ1) is 39.2. The van der Waals surface area contributed by atoms with Crippen LogP contribution in [0.15, 0.2) is 158 Å². The molecule has 9 amide bonds.